The summed E-state index contributed by atoms with van der Waals surface area (Å²) in [6.07, 6.45) is 3.83. The van der Waals surface area contributed by atoms with Gasteiger partial charge in [0.15, 0.2) is 5.60 Å². The topological polar surface area (TPSA) is 52.3 Å². The first-order valence-electron chi connectivity index (χ1n) is 10.9. The van der Waals surface area contributed by atoms with E-state index >= 15 is 0 Å². The normalized spacial score (nSPS) is 12.9. The number of esters is 1. The number of rotatable bonds is 10. The summed E-state index contributed by atoms with van der Waals surface area (Å²) < 4.78 is 6.38. The molecule has 3 rings (SSSR count). The van der Waals surface area contributed by atoms with E-state index in [0.29, 0.717) is 18.0 Å². The molecule has 0 radical (unpaired) electrons. The van der Waals surface area contributed by atoms with E-state index in [-0.39, 0.29) is 5.97 Å². The summed E-state index contributed by atoms with van der Waals surface area (Å²) in [7, 11) is 0. The quantitative estimate of drug-likeness (QED) is 0.232. The van der Waals surface area contributed by atoms with Crippen LogP contribution in [0.1, 0.15) is 54.9 Å². The fraction of sp³-hybridized carbons (Fsp3) is 0.296. The van der Waals surface area contributed by atoms with Gasteiger partial charge in [0.05, 0.1) is 0 Å². The lowest BCUT2D eigenvalue weighted by atomic mass is 9.79. The predicted molar refractivity (Wildman–Crippen MR) is 127 cm³/mol. The van der Waals surface area contributed by atoms with Gasteiger partial charge in [0.25, 0.3) is 0 Å². The smallest absolute Gasteiger partial charge is 0.307 e. The molecular formula is C27H30ClNO2. The lowest BCUT2D eigenvalue weighted by Gasteiger charge is -2.36. The van der Waals surface area contributed by atoms with Crippen molar-refractivity contribution in [2.24, 2.45) is 5.73 Å². The number of nitrogens with two attached hydrogens (primary N) is 1. The third kappa shape index (κ3) is 5.36. The van der Waals surface area contributed by atoms with Gasteiger partial charge in [0, 0.05) is 28.1 Å². The molecule has 0 bridgehead atoms. The Hall–Kier alpha value is -2.62. The Labute approximate surface area is 190 Å². The molecule has 4 heteroatoms. The highest BCUT2D eigenvalue weighted by Gasteiger charge is 2.41. The summed E-state index contributed by atoms with van der Waals surface area (Å²) >= 11 is 6.69. The molecule has 0 spiro atoms. The van der Waals surface area contributed by atoms with Crippen molar-refractivity contribution in [2.75, 3.05) is 6.54 Å². The van der Waals surface area contributed by atoms with E-state index in [4.69, 9.17) is 22.1 Å². The summed E-state index contributed by atoms with van der Waals surface area (Å²) in [5.41, 5.74) is 8.17. The second-order valence-corrected chi connectivity index (χ2v) is 8.06. The summed E-state index contributed by atoms with van der Waals surface area (Å²) in [4.78, 5) is 13.1. The van der Waals surface area contributed by atoms with E-state index in [9.17, 15) is 4.79 Å². The number of hydrogen-bond donors (Lipinski definition) is 1. The molecule has 0 saturated heterocycles. The molecule has 0 fully saturated rings. The maximum Gasteiger partial charge on any atom is 0.307 e. The Morgan fingerprint density at radius 3 is 2.16 bits per heavy atom. The SMILES string of the molecule is CCc1ccc(C(OC(=O)CCCCCN)(c2ccccc2)c2ccccc2Cl)cc1. The van der Waals surface area contributed by atoms with Crippen molar-refractivity contribution in [3.8, 4) is 0 Å². The summed E-state index contributed by atoms with van der Waals surface area (Å²) in [6, 6.07) is 25.7. The van der Waals surface area contributed by atoms with Crippen LogP contribution < -0.4 is 5.73 Å². The number of carbonyl (C=O) groups excluding carboxylic acids is 1. The Bertz CT molecular complexity index is 972. The van der Waals surface area contributed by atoms with Gasteiger partial charge in [-0.15, -0.1) is 0 Å². The summed E-state index contributed by atoms with van der Waals surface area (Å²) in [5.74, 6) is -0.250. The zero-order valence-electron chi connectivity index (χ0n) is 18.0. The Balaban J connectivity index is 2.14. The number of hydrogen-bond acceptors (Lipinski definition) is 3. The monoisotopic (exact) mass is 435 g/mol. The second-order valence-electron chi connectivity index (χ2n) is 7.65. The van der Waals surface area contributed by atoms with Crippen LogP contribution >= 0.6 is 11.6 Å². The second kappa shape index (κ2) is 11.1. The van der Waals surface area contributed by atoms with Crippen LogP contribution in [0.5, 0.6) is 0 Å². The van der Waals surface area contributed by atoms with Crippen molar-refractivity contribution in [3.05, 3.63) is 106 Å². The van der Waals surface area contributed by atoms with Crippen molar-refractivity contribution < 1.29 is 9.53 Å². The number of aryl methyl sites for hydroxylation is 1. The average Bonchev–Trinajstić information content (AvgIpc) is 2.81. The van der Waals surface area contributed by atoms with Gasteiger partial charge in [-0.3, -0.25) is 4.79 Å². The number of halogens is 1. The Kier molecular flexibility index (Phi) is 8.27. The maximum absolute atomic E-state index is 13.1. The van der Waals surface area contributed by atoms with Gasteiger partial charge in [-0.05, 0) is 37.4 Å². The molecule has 162 valence electrons. The van der Waals surface area contributed by atoms with E-state index in [1.54, 1.807) is 0 Å². The summed E-state index contributed by atoms with van der Waals surface area (Å²) in [6.45, 7) is 2.75. The van der Waals surface area contributed by atoms with Crippen molar-refractivity contribution in [1.82, 2.24) is 0 Å². The van der Waals surface area contributed by atoms with Crippen molar-refractivity contribution in [1.29, 1.82) is 0 Å². The van der Waals surface area contributed by atoms with Gasteiger partial charge in [-0.1, -0.05) is 97.7 Å². The Morgan fingerprint density at radius 2 is 1.52 bits per heavy atom. The minimum Gasteiger partial charge on any atom is -0.444 e. The van der Waals surface area contributed by atoms with E-state index in [0.717, 1.165) is 42.4 Å². The third-order valence-corrected chi connectivity index (χ3v) is 5.88. The number of unbranched alkanes of at least 4 members (excludes halogenated alkanes) is 2. The van der Waals surface area contributed by atoms with Gasteiger partial charge in [0.1, 0.15) is 0 Å². The van der Waals surface area contributed by atoms with Crippen LogP contribution in [0.3, 0.4) is 0 Å². The van der Waals surface area contributed by atoms with Crippen LogP contribution in [0, 0.1) is 0 Å². The van der Waals surface area contributed by atoms with Crippen LogP contribution in [-0.4, -0.2) is 12.5 Å². The molecule has 0 aliphatic carbocycles. The highest BCUT2D eigenvalue weighted by molar-refractivity contribution is 6.31. The molecule has 0 aliphatic rings. The molecule has 3 aromatic carbocycles. The highest BCUT2D eigenvalue weighted by Crippen LogP contribution is 2.43. The first-order valence-corrected chi connectivity index (χ1v) is 11.3. The maximum atomic E-state index is 13.1. The van der Waals surface area contributed by atoms with Crippen molar-refractivity contribution in [2.45, 2.75) is 44.6 Å². The van der Waals surface area contributed by atoms with Gasteiger partial charge in [-0.25, -0.2) is 0 Å². The van der Waals surface area contributed by atoms with Crippen LogP contribution in [-0.2, 0) is 21.6 Å². The van der Waals surface area contributed by atoms with E-state index < -0.39 is 5.60 Å². The first-order chi connectivity index (χ1) is 15.1. The van der Waals surface area contributed by atoms with Gasteiger partial charge >= 0.3 is 5.97 Å². The number of ether oxygens (including phenoxy) is 1. The van der Waals surface area contributed by atoms with Gasteiger partial charge in [0.2, 0.25) is 0 Å². The molecule has 0 aliphatic heterocycles. The fourth-order valence-electron chi connectivity index (χ4n) is 3.86. The molecule has 0 aromatic heterocycles. The molecular weight excluding hydrogens is 406 g/mol. The molecule has 0 amide bonds. The molecule has 2 N–H and O–H groups in total. The molecule has 0 saturated carbocycles. The first kappa shape index (κ1) is 23.1. The number of carbonyl (C=O) groups is 1. The molecule has 1 atom stereocenters. The average molecular weight is 436 g/mol. The molecule has 0 heterocycles. The third-order valence-electron chi connectivity index (χ3n) is 5.55. The van der Waals surface area contributed by atoms with Crippen molar-refractivity contribution in [3.63, 3.8) is 0 Å². The van der Waals surface area contributed by atoms with Crippen LogP contribution in [0.4, 0.5) is 0 Å². The molecule has 31 heavy (non-hydrogen) atoms. The van der Waals surface area contributed by atoms with Crippen LogP contribution in [0.2, 0.25) is 5.02 Å². The standard InChI is InChI=1S/C27H30ClNO2/c1-2-21-16-18-23(19-17-21)27(22-11-5-3-6-12-22,24-13-8-9-14-25(24)28)31-26(30)15-7-4-10-20-29/h3,5-6,8-9,11-14,16-19H,2,4,7,10,15,20,29H2,1H3. The fourth-order valence-corrected chi connectivity index (χ4v) is 4.13. The van der Waals surface area contributed by atoms with Gasteiger partial charge < -0.3 is 10.5 Å². The van der Waals surface area contributed by atoms with Crippen LogP contribution in [0.15, 0.2) is 78.9 Å². The van der Waals surface area contributed by atoms with E-state index in [1.165, 1.54) is 5.56 Å². The van der Waals surface area contributed by atoms with Crippen molar-refractivity contribution >= 4 is 17.6 Å². The molecule has 1 unspecified atom stereocenters. The van der Waals surface area contributed by atoms with Gasteiger partial charge in [-0.2, -0.15) is 0 Å². The predicted octanol–water partition coefficient (Wildman–Crippen LogP) is 6.26. The number of benzene rings is 3. The summed E-state index contributed by atoms with van der Waals surface area (Å²) in [5, 5.41) is 0.557. The highest BCUT2D eigenvalue weighted by atomic mass is 35.5. The molecule has 3 aromatic rings. The largest absolute Gasteiger partial charge is 0.444 e. The lowest BCUT2D eigenvalue weighted by molar-refractivity contribution is -0.153. The zero-order valence-corrected chi connectivity index (χ0v) is 18.8. The minimum atomic E-state index is -1.13. The minimum absolute atomic E-state index is 0.250. The van der Waals surface area contributed by atoms with Crippen LogP contribution in [0.25, 0.3) is 0 Å². The lowest BCUT2D eigenvalue weighted by Crippen LogP contribution is -2.35. The molecule has 3 nitrogen and oxygen atoms in total. The van der Waals surface area contributed by atoms with E-state index in [2.05, 4.69) is 19.1 Å². The van der Waals surface area contributed by atoms with E-state index in [1.807, 2.05) is 66.7 Å². The zero-order chi connectivity index (χ0) is 22.1. The Morgan fingerprint density at radius 1 is 0.871 bits per heavy atom.